The quantitative estimate of drug-likeness (QED) is 0.686. The number of hydrogen-bond donors (Lipinski definition) is 0. The zero-order chi connectivity index (χ0) is 12.2. The maximum atomic E-state index is 11.5. The second kappa shape index (κ2) is 5.64. The van der Waals surface area contributed by atoms with Crippen LogP contribution in [0.5, 0.6) is 0 Å². The van der Waals surface area contributed by atoms with Gasteiger partial charge in [-0.1, -0.05) is 0 Å². The van der Waals surface area contributed by atoms with Crippen LogP contribution < -0.4 is 0 Å². The Balaban J connectivity index is 2.25. The predicted octanol–water partition coefficient (Wildman–Crippen LogP) is 1.44. The Kier molecular flexibility index (Phi) is 4.74. The van der Waals surface area contributed by atoms with Crippen LogP contribution in [0.2, 0.25) is 0 Å². The average Bonchev–Trinajstić information content (AvgIpc) is 2.14. The smallest absolute Gasteiger partial charge is 0.307 e. The summed E-state index contributed by atoms with van der Waals surface area (Å²) in [5, 5.41) is 0. The lowest BCUT2D eigenvalue weighted by atomic mass is 10.2. The van der Waals surface area contributed by atoms with Crippen molar-refractivity contribution in [2.45, 2.75) is 45.8 Å². The van der Waals surface area contributed by atoms with E-state index in [1.54, 1.807) is 0 Å². The third-order valence-electron chi connectivity index (χ3n) is 2.53. The summed E-state index contributed by atoms with van der Waals surface area (Å²) in [5.74, 6) is -0.119. The molecule has 1 heterocycles. The molecule has 94 valence electrons. The fourth-order valence-corrected chi connectivity index (χ4v) is 1.72. The fourth-order valence-electron chi connectivity index (χ4n) is 1.72. The van der Waals surface area contributed by atoms with Crippen LogP contribution in [0.3, 0.4) is 0 Å². The lowest BCUT2D eigenvalue weighted by Crippen LogP contribution is -2.44. The summed E-state index contributed by atoms with van der Waals surface area (Å²) >= 11 is 0. The van der Waals surface area contributed by atoms with Crippen LogP contribution in [0.15, 0.2) is 0 Å². The second-order valence-electron chi connectivity index (χ2n) is 5.30. The predicted molar refractivity (Wildman–Crippen MR) is 62.3 cm³/mol. The molecule has 0 aromatic heterocycles. The molecule has 1 rings (SSSR count). The molecule has 0 aromatic rings. The van der Waals surface area contributed by atoms with Crippen molar-refractivity contribution in [2.75, 3.05) is 26.3 Å². The molecule has 1 saturated heterocycles. The van der Waals surface area contributed by atoms with Crippen LogP contribution in [0.25, 0.3) is 0 Å². The monoisotopic (exact) mass is 229 g/mol. The Bertz CT molecular complexity index is 235. The summed E-state index contributed by atoms with van der Waals surface area (Å²) in [5.41, 5.74) is -0.381. The van der Waals surface area contributed by atoms with Gasteiger partial charge in [0.25, 0.3) is 0 Å². The molecule has 0 aromatic carbocycles. The Morgan fingerprint density at radius 2 is 2.19 bits per heavy atom. The molecule has 1 aliphatic rings. The molecule has 1 aliphatic heterocycles. The van der Waals surface area contributed by atoms with Gasteiger partial charge in [0.2, 0.25) is 0 Å². The van der Waals surface area contributed by atoms with Crippen LogP contribution in [0.4, 0.5) is 0 Å². The van der Waals surface area contributed by atoms with Gasteiger partial charge in [-0.2, -0.15) is 0 Å². The molecule has 0 bridgehead atoms. The highest BCUT2D eigenvalue weighted by atomic mass is 16.6. The Labute approximate surface area is 97.9 Å². The maximum absolute atomic E-state index is 11.5. The summed E-state index contributed by atoms with van der Waals surface area (Å²) < 4.78 is 10.6. The molecule has 0 radical (unpaired) electrons. The number of rotatable bonds is 3. The lowest BCUT2D eigenvalue weighted by molar-refractivity contribution is -0.155. The van der Waals surface area contributed by atoms with Crippen molar-refractivity contribution < 1.29 is 14.3 Å². The van der Waals surface area contributed by atoms with Crippen molar-refractivity contribution in [3.8, 4) is 0 Å². The van der Waals surface area contributed by atoms with Crippen molar-refractivity contribution in [1.29, 1.82) is 0 Å². The van der Waals surface area contributed by atoms with E-state index >= 15 is 0 Å². The molecule has 0 N–H and O–H groups in total. The number of carbonyl (C=O) groups excluding carboxylic acids is 1. The highest BCUT2D eigenvalue weighted by Gasteiger charge is 2.21. The van der Waals surface area contributed by atoms with Crippen LogP contribution in [-0.2, 0) is 14.3 Å². The van der Waals surface area contributed by atoms with E-state index in [2.05, 4.69) is 11.8 Å². The SMILES string of the molecule is CC1COCCN1CCC(=O)OC(C)(C)C. The summed E-state index contributed by atoms with van der Waals surface area (Å²) in [6, 6.07) is 0.399. The number of carbonyl (C=O) groups is 1. The molecule has 1 atom stereocenters. The molecule has 0 amide bonds. The third-order valence-corrected chi connectivity index (χ3v) is 2.53. The average molecular weight is 229 g/mol. The molecule has 0 saturated carbocycles. The summed E-state index contributed by atoms with van der Waals surface area (Å²) in [6.07, 6.45) is 0.460. The van der Waals surface area contributed by atoms with E-state index in [4.69, 9.17) is 9.47 Å². The zero-order valence-electron chi connectivity index (χ0n) is 10.8. The number of ether oxygens (including phenoxy) is 2. The summed E-state index contributed by atoms with van der Waals surface area (Å²) in [4.78, 5) is 13.8. The van der Waals surface area contributed by atoms with E-state index in [1.807, 2.05) is 20.8 Å². The molecule has 0 spiro atoms. The standard InChI is InChI=1S/C12H23NO3/c1-10-9-15-8-7-13(10)6-5-11(14)16-12(2,3)4/h10H,5-9H2,1-4H3. The van der Waals surface area contributed by atoms with Gasteiger partial charge in [0, 0.05) is 19.1 Å². The van der Waals surface area contributed by atoms with Gasteiger partial charge in [-0.05, 0) is 27.7 Å². The van der Waals surface area contributed by atoms with Crippen LogP contribution in [0, 0.1) is 0 Å². The molecular formula is C12H23NO3. The number of morpholine rings is 1. The zero-order valence-corrected chi connectivity index (χ0v) is 10.8. The summed E-state index contributed by atoms with van der Waals surface area (Å²) in [7, 11) is 0. The van der Waals surface area contributed by atoms with Gasteiger partial charge in [-0.25, -0.2) is 0 Å². The highest BCUT2D eigenvalue weighted by Crippen LogP contribution is 2.10. The van der Waals surface area contributed by atoms with E-state index in [-0.39, 0.29) is 11.6 Å². The highest BCUT2D eigenvalue weighted by molar-refractivity contribution is 5.70. The van der Waals surface area contributed by atoms with Crippen molar-refractivity contribution in [2.24, 2.45) is 0 Å². The topological polar surface area (TPSA) is 38.8 Å². The van der Waals surface area contributed by atoms with Crippen LogP contribution >= 0.6 is 0 Å². The van der Waals surface area contributed by atoms with Gasteiger partial charge >= 0.3 is 5.97 Å². The van der Waals surface area contributed by atoms with Gasteiger partial charge in [0.15, 0.2) is 0 Å². The maximum Gasteiger partial charge on any atom is 0.307 e. The van der Waals surface area contributed by atoms with E-state index in [0.717, 1.165) is 26.3 Å². The Morgan fingerprint density at radius 1 is 1.50 bits per heavy atom. The van der Waals surface area contributed by atoms with Gasteiger partial charge in [0.05, 0.1) is 19.6 Å². The fraction of sp³-hybridized carbons (Fsp3) is 0.917. The minimum atomic E-state index is -0.381. The minimum absolute atomic E-state index is 0.119. The molecular weight excluding hydrogens is 206 g/mol. The Hall–Kier alpha value is -0.610. The molecule has 1 fully saturated rings. The van der Waals surface area contributed by atoms with E-state index in [1.165, 1.54) is 0 Å². The first-order valence-corrected chi connectivity index (χ1v) is 5.92. The summed E-state index contributed by atoms with van der Waals surface area (Å²) in [6.45, 7) is 11.0. The van der Waals surface area contributed by atoms with Crippen LogP contribution in [-0.4, -0.2) is 48.8 Å². The van der Waals surface area contributed by atoms with Gasteiger partial charge < -0.3 is 9.47 Å². The molecule has 4 heteroatoms. The second-order valence-corrected chi connectivity index (χ2v) is 5.30. The third kappa shape index (κ3) is 4.94. The molecule has 0 aliphatic carbocycles. The largest absolute Gasteiger partial charge is 0.460 e. The van der Waals surface area contributed by atoms with Crippen molar-refractivity contribution >= 4 is 5.97 Å². The first kappa shape index (κ1) is 13.5. The van der Waals surface area contributed by atoms with E-state index in [9.17, 15) is 4.79 Å². The van der Waals surface area contributed by atoms with Gasteiger partial charge in [-0.3, -0.25) is 9.69 Å². The first-order chi connectivity index (χ1) is 7.38. The van der Waals surface area contributed by atoms with Crippen molar-refractivity contribution in [3.05, 3.63) is 0 Å². The normalized spacial score (nSPS) is 23.1. The molecule has 4 nitrogen and oxygen atoms in total. The molecule has 16 heavy (non-hydrogen) atoms. The van der Waals surface area contributed by atoms with Crippen molar-refractivity contribution in [3.63, 3.8) is 0 Å². The lowest BCUT2D eigenvalue weighted by Gasteiger charge is -2.33. The molecule has 1 unspecified atom stereocenters. The van der Waals surface area contributed by atoms with E-state index in [0.29, 0.717) is 12.5 Å². The van der Waals surface area contributed by atoms with E-state index < -0.39 is 0 Å². The first-order valence-electron chi connectivity index (χ1n) is 5.92. The minimum Gasteiger partial charge on any atom is -0.460 e. The van der Waals surface area contributed by atoms with Crippen molar-refractivity contribution in [1.82, 2.24) is 4.90 Å². The number of nitrogens with zero attached hydrogens (tertiary/aromatic N) is 1. The Morgan fingerprint density at radius 3 is 2.75 bits per heavy atom. The van der Waals surface area contributed by atoms with Crippen LogP contribution in [0.1, 0.15) is 34.1 Å². The number of hydrogen-bond acceptors (Lipinski definition) is 4. The number of esters is 1. The van der Waals surface area contributed by atoms with Gasteiger partial charge in [-0.15, -0.1) is 0 Å². The van der Waals surface area contributed by atoms with Gasteiger partial charge in [0.1, 0.15) is 5.60 Å².